The van der Waals surface area contributed by atoms with Crippen molar-refractivity contribution in [2.75, 3.05) is 6.54 Å². The van der Waals surface area contributed by atoms with Crippen molar-refractivity contribution in [1.82, 2.24) is 4.57 Å². The van der Waals surface area contributed by atoms with E-state index in [0.717, 1.165) is 31.3 Å². The number of rotatable bonds is 3. The number of aromatic nitrogens is 1. The predicted octanol–water partition coefficient (Wildman–Crippen LogP) is 3.04. The monoisotopic (exact) mass is 285 g/mol. The second-order valence-electron chi connectivity index (χ2n) is 6.57. The Kier molecular flexibility index (Phi) is 3.85. The van der Waals surface area contributed by atoms with Crippen molar-refractivity contribution in [2.24, 2.45) is 5.41 Å². The third-order valence-electron chi connectivity index (χ3n) is 4.93. The number of carbonyl (C=O) groups excluding carboxylic acids is 1. The van der Waals surface area contributed by atoms with Gasteiger partial charge >= 0.3 is 0 Å². The topological polar surface area (TPSA) is 49.6 Å². The minimum absolute atomic E-state index is 0.193. The SMILES string of the molecule is CC1(C(=O)n2cc(CC[NH3+])c3ccccc32)CCCCC1. The lowest BCUT2D eigenvalue weighted by Crippen LogP contribution is -2.51. The van der Waals surface area contributed by atoms with Crippen LogP contribution in [0, 0.1) is 5.41 Å². The molecule has 1 aromatic carbocycles. The lowest BCUT2D eigenvalue weighted by atomic mass is 9.75. The molecule has 0 atom stereocenters. The van der Waals surface area contributed by atoms with E-state index in [1.165, 1.54) is 30.2 Å². The smallest absolute Gasteiger partial charge is 0.237 e. The van der Waals surface area contributed by atoms with Gasteiger partial charge < -0.3 is 5.73 Å². The predicted molar refractivity (Wildman–Crippen MR) is 85.2 cm³/mol. The van der Waals surface area contributed by atoms with Crippen molar-refractivity contribution in [3.63, 3.8) is 0 Å². The Morgan fingerprint density at radius 1 is 1.24 bits per heavy atom. The van der Waals surface area contributed by atoms with Gasteiger partial charge in [-0.25, -0.2) is 0 Å². The van der Waals surface area contributed by atoms with Crippen molar-refractivity contribution >= 4 is 16.8 Å². The summed E-state index contributed by atoms with van der Waals surface area (Å²) in [4.78, 5) is 13.1. The molecular weight excluding hydrogens is 260 g/mol. The van der Waals surface area contributed by atoms with E-state index in [9.17, 15) is 4.79 Å². The van der Waals surface area contributed by atoms with E-state index in [4.69, 9.17) is 0 Å². The number of nitrogens with zero attached hydrogens (tertiary/aromatic N) is 1. The molecule has 21 heavy (non-hydrogen) atoms. The molecule has 0 amide bonds. The summed E-state index contributed by atoms with van der Waals surface area (Å²) >= 11 is 0. The summed E-state index contributed by atoms with van der Waals surface area (Å²) in [6, 6.07) is 8.24. The fourth-order valence-electron chi connectivity index (χ4n) is 3.64. The Labute approximate surface area is 126 Å². The summed E-state index contributed by atoms with van der Waals surface area (Å²) in [5.41, 5.74) is 6.06. The zero-order valence-electron chi connectivity index (χ0n) is 12.9. The average molecular weight is 285 g/mol. The number of fused-ring (bicyclic) bond motifs is 1. The fraction of sp³-hybridized carbons (Fsp3) is 0.500. The molecule has 3 rings (SSSR count). The maximum Gasteiger partial charge on any atom is 0.237 e. The van der Waals surface area contributed by atoms with Crippen molar-refractivity contribution in [1.29, 1.82) is 0 Å². The molecular formula is C18H25N2O+. The first kappa shape index (κ1) is 14.3. The molecule has 3 N–H and O–H groups in total. The zero-order valence-corrected chi connectivity index (χ0v) is 12.9. The van der Waals surface area contributed by atoms with E-state index < -0.39 is 0 Å². The highest BCUT2D eigenvalue weighted by atomic mass is 16.2. The van der Waals surface area contributed by atoms with Crippen LogP contribution in [0.5, 0.6) is 0 Å². The normalized spacial score (nSPS) is 18.0. The molecule has 0 bridgehead atoms. The number of benzene rings is 1. The molecule has 0 spiro atoms. The van der Waals surface area contributed by atoms with Gasteiger partial charge in [0.2, 0.25) is 5.91 Å². The maximum absolute atomic E-state index is 13.1. The quantitative estimate of drug-likeness (QED) is 0.926. The molecule has 3 heteroatoms. The van der Waals surface area contributed by atoms with Crippen LogP contribution in [0.2, 0.25) is 0 Å². The molecule has 3 nitrogen and oxygen atoms in total. The summed E-state index contributed by atoms with van der Waals surface area (Å²) in [6.07, 6.45) is 8.63. The van der Waals surface area contributed by atoms with Crippen LogP contribution >= 0.6 is 0 Å². The van der Waals surface area contributed by atoms with Gasteiger partial charge in [0, 0.05) is 23.4 Å². The number of carbonyl (C=O) groups is 1. The van der Waals surface area contributed by atoms with E-state index in [1.807, 2.05) is 16.7 Å². The summed E-state index contributed by atoms with van der Waals surface area (Å²) in [5, 5.41) is 1.20. The molecule has 1 heterocycles. The van der Waals surface area contributed by atoms with Gasteiger partial charge in [-0.05, 0) is 24.5 Å². The molecule has 0 aliphatic heterocycles. The molecule has 1 fully saturated rings. The van der Waals surface area contributed by atoms with Crippen LogP contribution in [-0.2, 0) is 6.42 Å². The lowest BCUT2D eigenvalue weighted by molar-refractivity contribution is -0.366. The molecule has 1 aliphatic rings. The van der Waals surface area contributed by atoms with E-state index in [1.54, 1.807) is 0 Å². The minimum Gasteiger partial charge on any atom is -0.357 e. The van der Waals surface area contributed by atoms with Crippen LogP contribution in [0.3, 0.4) is 0 Å². The van der Waals surface area contributed by atoms with Gasteiger partial charge in [0.1, 0.15) is 0 Å². The Bertz CT molecular complexity index is 650. The Morgan fingerprint density at radius 3 is 2.67 bits per heavy atom. The van der Waals surface area contributed by atoms with E-state index >= 15 is 0 Å². The van der Waals surface area contributed by atoms with Crippen LogP contribution in [0.15, 0.2) is 30.5 Å². The van der Waals surface area contributed by atoms with E-state index in [2.05, 4.69) is 31.0 Å². The van der Waals surface area contributed by atoms with Crippen LogP contribution in [-0.4, -0.2) is 17.0 Å². The van der Waals surface area contributed by atoms with Crippen LogP contribution in [0.25, 0.3) is 10.9 Å². The van der Waals surface area contributed by atoms with Gasteiger partial charge in [-0.3, -0.25) is 9.36 Å². The highest BCUT2D eigenvalue weighted by Crippen LogP contribution is 2.38. The van der Waals surface area contributed by atoms with Gasteiger partial charge in [-0.15, -0.1) is 0 Å². The van der Waals surface area contributed by atoms with Crippen molar-refractivity contribution < 1.29 is 10.5 Å². The average Bonchev–Trinajstić information content (AvgIpc) is 2.87. The summed E-state index contributed by atoms with van der Waals surface area (Å²) in [5.74, 6) is 0.272. The highest BCUT2D eigenvalue weighted by Gasteiger charge is 2.36. The third-order valence-corrected chi connectivity index (χ3v) is 4.93. The zero-order chi connectivity index (χ0) is 14.9. The van der Waals surface area contributed by atoms with Gasteiger partial charge in [-0.1, -0.05) is 44.4 Å². The third kappa shape index (κ3) is 2.51. The second-order valence-corrected chi connectivity index (χ2v) is 6.57. The molecule has 0 radical (unpaired) electrons. The first-order chi connectivity index (χ1) is 10.2. The molecule has 1 aromatic heterocycles. The first-order valence-corrected chi connectivity index (χ1v) is 8.09. The lowest BCUT2D eigenvalue weighted by Gasteiger charge is -2.32. The molecule has 1 aliphatic carbocycles. The fourth-order valence-corrected chi connectivity index (χ4v) is 3.64. The Balaban J connectivity index is 2.05. The Hall–Kier alpha value is -1.61. The number of hydrogen-bond donors (Lipinski definition) is 1. The molecule has 1 saturated carbocycles. The molecule has 0 unspecified atom stereocenters. The van der Waals surface area contributed by atoms with Crippen molar-refractivity contribution in [2.45, 2.75) is 45.4 Å². The maximum atomic E-state index is 13.1. The largest absolute Gasteiger partial charge is 0.357 e. The summed E-state index contributed by atoms with van der Waals surface area (Å²) in [6.45, 7) is 3.00. The van der Waals surface area contributed by atoms with Crippen LogP contribution in [0.1, 0.15) is 49.4 Å². The number of quaternary nitrogens is 1. The molecule has 0 saturated heterocycles. The van der Waals surface area contributed by atoms with Gasteiger partial charge in [0.25, 0.3) is 0 Å². The van der Waals surface area contributed by atoms with Crippen LogP contribution in [0.4, 0.5) is 0 Å². The van der Waals surface area contributed by atoms with Crippen molar-refractivity contribution in [3.05, 3.63) is 36.0 Å². The van der Waals surface area contributed by atoms with Gasteiger partial charge in [-0.2, -0.15) is 0 Å². The first-order valence-electron chi connectivity index (χ1n) is 8.09. The second kappa shape index (κ2) is 5.64. The minimum atomic E-state index is -0.193. The summed E-state index contributed by atoms with van der Waals surface area (Å²) in [7, 11) is 0. The van der Waals surface area contributed by atoms with Crippen molar-refractivity contribution in [3.8, 4) is 0 Å². The highest BCUT2D eigenvalue weighted by molar-refractivity contribution is 5.96. The van der Waals surface area contributed by atoms with Crippen LogP contribution < -0.4 is 5.73 Å². The summed E-state index contributed by atoms with van der Waals surface area (Å²) < 4.78 is 1.91. The molecule has 112 valence electrons. The standard InChI is InChI=1S/C18H24N2O/c1-18(10-5-2-6-11-18)17(21)20-13-14(9-12-19)15-7-3-4-8-16(15)20/h3-4,7-8,13H,2,5-6,9-12,19H2,1H3/p+1. The van der Waals surface area contributed by atoms with E-state index in [-0.39, 0.29) is 11.3 Å². The molecule has 2 aromatic rings. The Morgan fingerprint density at radius 2 is 1.95 bits per heavy atom. The number of hydrogen-bond acceptors (Lipinski definition) is 1. The van der Waals surface area contributed by atoms with E-state index in [0.29, 0.717) is 0 Å². The van der Waals surface area contributed by atoms with Gasteiger partial charge in [0.15, 0.2) is 0 Å². The number of para-hydroxylation sites is 1. The van der Waals surface area contributed by atoms with Gasteiger partial charge in [0.05, 0.1) is 12.1 Å².